The van der Waals surface area contributed by atoms with Crippen molar-refractivity contribution >= 4 is 11.9 Å². The Labute approximate surface area is 318 Å². The lowest BCUT2D eigenvalue weighted by atomic mass is 9.31. The minimum atomic E-state index is -1.56. The molecule has 1 aliphatic heterocycles. The molecule has 292 valence electrons. The van der Waals surface area contributed by atoms with Crippen molar-refractivity contribution < 1.29 is 34.4 Å². The van der Waals surface area contributed by atoms with Gasteiger partial charge in [0, 0.05) is 24.3 Å². The fourth-order valence-corrected chi connectivity index (χ4v) is 13.5. The summed E-state index contributed by atoms with van der Waals surface area (Å²) in [7, 11) is 0. The zero-order valence-electron chi connectivity index (χ0n) is 32.9. The first-order chi connectivity index (χ1) is 25.2. The van der Waals surface area contributed by atoms with E-state index < -0.39 is 40.2 Å². The van der Waals surface area contributed by atoms with E-state index in [-0.39, 0.29) is 30.4 Å². The smallest absolute Gasteiger partial charge is 0.331 e. The minimum absolute atomic E-state index is 0.197. The maximum absolute atomic E-state index is 13.8. The van der Waals surface area contributed by atoms with E-state index in [1.54, 1.807) is 0 Å². The fourth-order valence-electron chi connectivity index (χ4n) is 13.5. The van der Waals surface area contributed by atoms with Crippen LogP contribution >= 0.6 is 0 Å². The molecule has 0 aromatic heterocycles. The lowest BCUT2D eigenvalue weighted by Crippen LogP contribution is -2.83. The van der Waals surface area contributed by atoms with Crippen molar-refractivity contribution in [3.63, 3.8) is 0 Å². The molecule has 6 aliphatic rings. The van der Waals surface area contributed by atoms with Gasteiger partial charge in [-0.05, 0) is 130 Å². The lowest BCUT2D eigenvalue weighted by molar-refractivity contribution is -0.362. The van der Waals surface area contributed by atoms with Crippen LogP contribution in [0.25, 0.3) is 0 Å². The van der Waals surface area contributed by atoms with Gasteiger partial charge in [0.2, 0.25) is 0 Å². The molecule has 4 fully saturated rings. The Bertz CT molecular complexity index is 1550. The highest BCUT2D eigenvalue weighted by Crippen LogP contribution is 2.76. The van der Waals surface area contributed by atoms with Gasteiger partial charge in [0.05, 0.1) is 22.7 Å². The molecule has 2 bridgehead atoms. The van der Waals surface area contributed by atoms with Gasteiger partial charge in [0.15, 0.2) is 0 Å². The summed E-state index contributed by atoms with van der Waals surface area (Å²) in [6.07, 6.45) is 20.2. The summed E-state index contributed by atoms with van der Waals surface area (Å²) >= 11 is 0. The van der Waals surface area contributed by atoms with E-state index in [0.717, 1.165) is 50.5 Å². The topological polar surface area (TPSA) is 113 Å². The average Bonchev–Trinajstić information content (AvgIpc) is 3.77. The van der Waals surface area contributed by atoms with Crippen molar-refractivity contribution in [2.75, 3.05) is 6.61 Å². The van der Waals surface area contributed by atoms with Crippen LogP contribution in [0.15, 0.2) is 54.1 Å². The summed E-state index contributed by atoms with van der Waals surface area (Å²) < 4.78 is 11.7. The average molecular weight is 731 g/mol. The highest BCUT2D eigenvalue weighted by atomic mass is 16.5. The van der Waals surface area contributed by atoms with Crippen LogP contribution in [0.4, 0.5) is 0 Å². The number of hydrogen-bond donors (Lipinski definition) is 3. The Kier molecular flexibility index (Phi) is 10.6. The number of carbonyl (C=O) groups excluding carboxylic acids is 2. The molecule has 7 heteroatoms. The molecular weight excluding hydrogens is 664 g/mol. The first kappa shape index (κ1) is 38.8. The van der Waals surface area contributed by atoms with Crippen LogP contribution in [0, 0.1) is 39.4 Å². The zero-order chi connectivity index (χ0) is 37.7. The second-order valence-electron chi connectivity index (χ2n) is 19.2. The van der Waals surface area contributed by atoms with Gasteiger partial charge in [-0.25, -0.2) is 4.79 Å². The van der Waals surface area contributed by atoms with Crippen molar-refractivity contribution in [3.8, 4) is 0 Å². The molecule has 2 spiro atoms. The Balaban J connectivity index is 1.28. The number of aliphatic hydroxyl groups excluding tert-OH is 1. The third kappa shape index (κ3) is 6.56. The fraction of sp³-hybridized carbons (Fsp3) is 0.739. The van der Waals surface area contributed by atoms with E-state index in [2.05, 4.69) is 38.1 Å². The largest absolute Gasteiger partial charge is 0.462 e. The number of rotatable bonds is 12. The number of cyclic esters (lactones) is 1. The van der Waals surface area contributed by atoms with E-state index in [4.69, 9.17) is 9.47 Å². The SMILES string of the molecule is CC(=O)O[C@@H]1C[C@@]2(C)C=C[C@](O)(CC[C@H](C)CCCc3ccccc3)[C@]3(C1[C@](C)(C1CCC4(CCCC4)CC1)CC[C@H]3O)[C@@]2(O)CCC1=CC(=O)OC1. The molecule has 1 aromatic carbocycles. The van der Waals surface area contributed by atoms with Gasteiger partial charge in [-0.1, -0.05) is 82.5 Å². The second kappa shape index (κ2) is 14.5. The molecule has 5 aliphatic carbocycles. The van der Waals surface area contributed by atoms with Gasteiger partial charge in [-0.2, -0.15) is 0 Å². The molecular formula is C46H66O7. The molecule has 3 N–H and O–H groups in total. The Morgan fingerprint density at radius 1 is 0.943 bits per heavy atom. The van der Waals surface area contributed by atoms with Crippen LogP contribution in [-0.4, -0.2) is 57.3 Å². The van der Waals surface area contributed by atoms with Gasteiger partial charge >= 0.3 is 11.9 Å². The van der Waals surface area contributed by atoms with Gasteiger partial charge in [0.1, 0.15) is 12.7 Å². The predicted octanol–water partition coefficient (Wildman–Crippen LogP) is 8.58. The summed E-state index contributed by atoms with van der Waals surface area (Å²) in [4.78, 5) is 25.2. The number of fused-ring (bicyclic) bond motifs is 1. The third-order valence-electron chi connectivity index (χ3n) is 16.3. The van der Waals surface area contributed by atoms with Crippen LogP contribution in [0.2, 0.25) is 0 Å². The number of carbonyl (C=O) groups is 2. The maximum Gasteiger partial charge on any atom is 0.331 e. The first-order valence-electron chi connectivity index (χ1n) is 21.1. The maximum atomic E-state index is 13.8. The molecule has 1 heterocycles. The molecule has 4 saturated carbocycles. The second-order valence-corrected chi connectivity index (χ2v) is 19.2. The lowest BCUT2D eigenvalue weighted by Gasteiger charge is -2.76. The normalized spacial score (nSPS) is 39.7. The molecule has 7 nitrogen and oxygen atoms in total. The zero-order valence-corrected chi connectivity index (χ0v) is 32.9. The van der Waals surface area contributed by atoms with E-state index >= 15 is 0 Å². The van der Waals surface area contributed by atoms with Crippen molar-refractivity contribution in [2.24, 2.45) is 39.4 Å². The summed E-state index contributed by atoms with van der Waals surface area (Å²) in [5, 5.41) is 40.3. The summed E-state index contributed by atoms with van der Waals surface area (Å²) in [5.41, 5.74) is -3.23. The molecule has 0 saturated heterocycles. The van der Waals surface area contributed by atoms with E-state index in [1.165, 1.54) is 57.1 Å². The van der Waals surface area contributed by atoms with Crippen LogP contribution in [-0.2, 0) is 25.5 Å². The quantitative estimate of drug-likeness (QED) is 0.146. The molecule has 1 unspecified atom stereocenters. The van der Waals surface area contributed by atoms with Crippen LogP contribution < -0.4 is 0 Å². The monoisotopic (exact) mass is 730 g/mol. The van der Waals surface area contributed by atoms with Crippen molar-refractivity contribution in [3.05, 3.63) is 59.7 Å². The number of benzene rings is 1. The van der Waals surface area contributed by atoms with Gasteiger partial charge in [0.25, 0.3) is 0 Å². The predicted molar refractivity (Wildman–Crippen MR) is 206 cm³/mol. The first-order valence-corrected chi connectivity index (χ1v) is 21.1. The number of hydrogen-bond acceptors (Lipinski definition) is 7. The highest BCUT2D eigenvalue weighted by Gasteiger charge is 2.81. The number of ether oxygens (including phenoxy) is 2. The molecule has 7 rings (SSSR count). The van der Waals surface area contributed by atoms with E-state index in [9.17, 15) is 24.9 Å². The minimum Gasteiger partial charge on any atom is -0.462 e. The summed E-state index contributed by atoms with van der Waals surface area (Å²) in [6, 6.07) is 10.6. The van der Waals surface area contributed by atoms with Crippen molar-refractivity contribution in [2.45, 2.75) is 167 Å². The van der Waals surface area contributed by atoms with Crippen LogP contribution in [0.1, 0.15) is 142 Å². The molecule has 0 radical (unpaired) electrons. The van der Waals surface area contributed by atoms with E-state index in [1.807, 2.05) is 25.1 Å². The van der Waals surface area contributed by atoms with Crippen LogP contribution in [0.5, 0.6) is 0 Å². The Hall–Kier alpha value is -2.48. The highest BCUT2D eigenvalue weighted by molar-refractivity contribution is 5.85. The van der Waals surface area contributed by atoms with Crippen LogP contribution in [0.3, 0.4) is 0 Å². The Morgan fingerprint density at radius 3 is 2.32 bits per heavy atom. The van der Waals surface area contributed by atoms with E-state index in [0.29, 0.717) is 42.9 Å². The van der Waals surface area contributed by atoms with Crippen molar-refractivity contribution in [1.82, 2.24) is 0 Å². The molecule has 53 heavy (non-hydrogen) atoms. The molecule has 1 aromatic rings. The third-order valence-corrected chi connectivity index (χ3v) is 16.3. The number of aryl methyl sites for hydroxylation is 1. The standard InChI is InChI=1S/C46H66O7/c1-32(11-10-14-34-12-6-5-7-13-34)15-25-44(50)28-27-41(3)30-37(53-33(2)47)40-42(4,36-17-23-43(24-18-36)20-8-9-21-43)22-19-38(48)46(40,44)45(41,51)26-16-35-29-39(49)52-31-35/h5-7,12-13,27-29,32,36-38,40,48,50-51H,8-11,14-26,30-31H2,1-4H3/t32-,37-,38-,40?,41-,42+,44-,45-,46+/m1/s1. The van der Waals surface area contributed by atoms with Crippen molar-refractivity contribution in [1.29, 1.82) is 0 Å². The molecule has 0 amide bonds. The number of aliphatic hydroxyl groups is 3. The number of esters is 2. The van der Waals surface area contributed by atoms with Gasteiger partial charge < -0.3 is 24.8 Å². The van der Waals surface area contributed by atoms with Gasteiger partial charge in [-0.3, -0.25) is 4.79 Å². The van der Waals surface area contributed by atoms with Gasteiger partial charge in [-0.15, -0.1) is 0 Å². The summed E-state index contributed by atoms with van der Waals surface area (Å²) in [6.45, 7) is 8.29. The molecule has 9 atom stereocenters. The summed E-state index contributed by atoms with van der Waals surface area (Å²) in [5.74, 6) is -0.555. The Morgan fingerprint density at radius 2 is 1.66 bits per heavy atom.